The predicted molar refractivity (Wildman–Crippen MR) is 45.0 cm³/mol. The molecule has 0 fully saturated rings. The van der Waals surface area contributed by atoms with Crippen LogP contribution in [-0.2, 0) is 4.79 Å². The van der Waals surface area contributed by atoms with Gasteiger partial charge in [0.25, 0.3) is 0 Å². The Labute approximate surface area is 75.5 Å². The molecule has 0 atom stereocenters. The van der Waals surface area contributed by atoms with Crippen LogP contribution in [0.5, 0.6) is 0 Å². The number of nitriles is 1. The van der Waals surface area contributed by atoms with E-state index in [1.54, 1.807) is 36.4 Å². The lowest BCUT2D eigenvalue weighted by Crippen LogP contribution is -2.19. The summed E-state index contributed by atoms with van der Waals surface area (Å²) in [5.41, 5.74) is 0.676. The second-order valence-corrected chi connectivity index (χ2v) is 2.35. The molecule has 3 heteroatoms. The molecule has 0 N–H and O–H groups in total. The molecular weight excluding hydrogens is 166 g/mol. The van der Waals surface area contributed by atoms with Gasteiger partial charge in [0.15, 0.2) is 0 Å². The fourth-order valence-electron chi connectivity index (χ4n) is 0.916. The summed E-state index contributed by atoms with van der Waals surface area (Å²) < 4.78 is 0. The maximum atomic E-state index is 10.2. The van der Waals surface area contributed by atoms with Crippen LogP contribution in [0.2, 0.25) is 0 Å². The first-order valence-corrected chi connectivity index (χ1v) is 3.62. The molecule has 0 spiro atoms. The van der Waals surface area contributed by atoms with Gasteiger partial charge in [0.05, 0.1) is 17.6 Å². The van der Waals surface area contributed by atoms with Crippen molar-refractivity contribution in [1.29, 1.82) is 5.26 Å². The average Bonchev–Trinajstić information content (AvgIpc) is 2.15. The molecule has 0 saturated heterocycles. The van der Waals surface area contributed by atoms with Crippen LogP contribution >= 0.6 is 0 Å². The first kappa shape index (κ1) is 9.01. The van der Waals surface area contributed by atoms with Crippen molar-refractivity contribution in [2.45, 2.75) is 0 Å². The zero-order chi connectivity index (χ0) is 9.68. The topological polar surface area (TPSA) is 63.9 Å². The van der Waals surface area contributed by atoms with E-state index < -0.39 is 5.97 Å². The lowest BCUT2D eigenvalue weighted by molar-refractivity contribution is -0.297. The van der Waals surface area contributed by atoms with Gasteiger partial charge in [-0.15, -0.1) is 0 Å². The highest BCUT2D eigenvalue weighted by Crippen LogP contribution is 2.11. The molecule has 0 radical (unpaired) electrons. The second kappa shape index (κ2) is 4.07. The van der Waals surface area contributed by atoms with Gasteiger partial charge < -0.3 is 9.90 Å². The Kier molecular flexibility index (Phi) is 2.82. The van der Waals surface area contributed by atoms with Crippen molar-refractivity contribution in [2.24, 2.45) is 0 Å². The summed E-state index contributed by atoms with van der Waals surface area (Å²) in [7, 11) is 0. The third-order valence-corrected chi connectivity index (χ3v) is 1.47. The minimum absolute atomic E-state index is 0.0978. The van der Waals surface area contributed by atoms with Crippen molar-refractivity contribution in [3.63, 3.8) is 0 Å². The number of carbonyl (C=O) groups is 1. The summed E-state index contributed by atoms with van der Waals surface area (Å²) in [6.45, 7) is 0. The molecule has 1 aromatic rings. The normalized spacial score (nSPS) is 10.5. The summed E-state index contributed by atoms with van der Waals surface area (Å²) in [5.74, 6) is -1.36. The molecule has 0 unspecified atom stereocenters. The van der Waals surface area contributed by atoms with Crippen molar-refractivity contribution in [2.75, 3.05) is 0 Å². The Morgan fingerprint density at radius 3 is 2.46 bits per heavy atom. The molecule has 0 aliphatic heterocycles. The van der Waals surface area contributed by atoms with E-state index in [2.05, 4.69) is 0 Å². The zero-order valence-electron chi connectivity index (χ0n) is 6.73. The van der Waals surface area contributed by atoms with E-state index in [1.165, 1.54) is 0 Å². The summed E-state index contributed by atoms with van der Waals surface area (Å²) in [6, 6.07) is 10.4. The molecule has 0 amide bonds. The van der Waals surface area contributed by atoms with Crippen LogP contribution in [0.25, 0.3) is 5.57 Å². The monoisotopic (exact) mass is 172 g/mol. The standard InChI is InChI=1S/C10H7NO2/c11-7-9(6-10(12)13)8-4-2-1-3-5-8/h1-6H,(H,12,13)/p-1/b9-6+. The number of carboxylic acids is 1. The number of rotatable bonds is 2. The van der Waals surface area contributed by atoms with Crippen LogP contribution in [0, 0.1) is 11.3 Å². The highest BCUT2D eigenvalue weighted by Gasteiger charge is 1.97. The molecule has 1 rings (SSSR count). The second-order valence-electron chi connectivity index (χ2n) is 2.35. The van der Waals surface area contributed by atoms with Crippen LogP contribution in [0.1, 0.15) is 5.56 Å². The van der Waals surface area contributed by atoms with E-state index in [1.807, 2.05) is 0 Å². The number of nitrogens with zero attached hydrogens (tertiary/aromatic N) is 1. The van der Waals surface area contributed by atoms with Gasteiger partial charge >= 0.3 is 0 Å². The van der Waals surface area contributed by atoms with Gasteiger partial charge in [-0.05, 0) is 11.6 Å². The highest BCUT2D eigenvalue weighted by molar-refractivity contribution is 5.93. The van der Waals surface area contributed by atoms with Crippen LogP contribution in [0.3, 0.4) is 0 Å². The number of carboxylic acid groups (broad SMARTS) is 1. The third kappa shape index (κ3) is 2.46. The summed E-state index contributed by atoms with van der Waals surface area (Å²) in [5, 5.41) is 18.8. The summed E-state index contributed by atoms with van der Waals surface area (Å²) >= 11 is 0. The van der Waals surface area contributed by atoms with Crippen molar-refractivity contribution < 1.29 is 9.90 Å². The smallest absolute Gasteiger partial charge is 0.0998 e. The van der Waals surface area contributed by atoms with Crippen LogP contribution in [-0.4, -0.2) is 5.97 Å². The molecule has 13 heavy (non-hydrogen) atoms. The SMILES string of the molecule is N#C/C(=C\C(=O)[O-])c1ccccc1. The Morgan fingerprint density at radius 1 is 1.38 bits per heavy atom. The number of hydrogen-bond donors (Lipinski definition) is 0. The predicted octanol–water partition coefficient (Wildman–Crippen LogP) is 0.343. The van der Waals surface area contributed by atoms with Gasteiger partial charge in [-0.3, -0.25) is 0 Å². The molecule has 0 heterocycles. The first-order valence-electron chi connectivity index (χ1n) is 3.62. The number of hydrogen-bond acceptors (Lipinski definition) is 3. The van der Waals surface area contributed by atoms with Gasteiger partial charge in [0, 0.05) is 0 Å². The maximum absolute atomic E-state index is 10.2. The largest absolute Gasteiger partial charge is 0.545 e. The van der Waals surface area contributed by atoms with Gasteiger partial charge in [-0.25, -0.2) is 0 Å². The molecular formula is C10H6NO2-. The van der Waals surface area contributed by atoms with Crippen LogP contribution < -0.4 is 5.11 Å². The van der Waals surface area contributed by atoms with Crippen LogP contribution in [0.15, 0.2) is 36.4 Å². The first-order chi connectivity index (χ1) is 6.24. The van der Waals surface area contributed by atoms with E-state index in [0.29, 0.717) is 5.56 Å². The maximum Gasteiger partial charge on any atom is 0.0998 e. The van der Waals surface area contributed by atoms with E-state index >= 15 is 0 Å². The van der Waals surface area contributed by atoms with Gasteiger partial charge in [-0.1, -0.05) is 30.3 Å². The molecule has 0 saturated carbocycles. The van der Waals surface area contributed by atoms with Crippen molar-refractivity contribution >= 4 is 11.5 Å². The molecule has 3 nitrogen and oxygen atoms in total. The Hall–Kier alpha value is -2.08. The Balaban J connectivity index is 3.07. The average molecular weight is 172 g/mol. The number of benzene rings is 1. The van der Waals surface area contributed by atoms with E-state index in [9.17, 15) is 9.90 Å². The Bertz CT molecular complexity index is 374. The van der Waals surface area contributed by atoms with Gasteiger partial charge in [-0.2, -0.15) is 5.26 Å². The number of allylic oxidation sites excluding steroid dienone is 1. The van der Waals surface area contributed by atoms with Gasteiger partial charge in [0.1, 0.15) is 0 Å². The Morgan fingerprint density at radius 2 is 2.00 bits per heavy atom. The molecule has 0 aliphatic carbocycles. The van der Waals surface area contributed by atoms with E-state index in [4.69, 9.17) is 5.26 Å². The van der Waals surface area contributed by atoms with E-state index in [0.717, 1.165) is 6.08 Å². The minimum Gasteiger partial charge on any atom is -0.545 e. The number of carbonyl (C=O) groups excluding carboxylic acids is 1. The molecule has 64 valence electrons. The fourth-order valence-corrected chi connectivity index (χ4v) is 0.916. The lowest BCUT2D eigenvalue weighted by atomic mass is 10.1. The van der Waals surface area contributed by atoms with E-state index in [-0.39, 0.29) is 5.57 Å². The zero-order valence-corrected chi connectivity index (χ0v) is 6.73. The lowest BCUT2D eigenvalue weighted by Gasteiger charge is -1.98. The van der Waals surface area contributed by atoms with Gasteiger partial charge in [0.2, 0.25) is 0 Å². The van der Waals surface area contributed by atoms with Crippen molar-refractivity contribution in [3.8, 4) is 6.07 Å². The summed E-state index contributed by atoms with van der Waals surface area (Å²) in [4.78, 5) is 10.2. The minimum atomic E-state index is -1.36. The molecule has 0 aromatic heterocycles. The molecule has 0 aliphatic rings. The quantitative estimate of drug-likeness (QED) is 0.477. The molecule has 1 aromatic carbocycles. The third-order valence-electron chi connectivity index (χ3n) is 1.47. The van der Waals surface area contributed by atoms with Crippen molar-refractivity contribution in [3.05, 3.63) is 42.0 Å². The molecule has 0 bridgehead atoms. The van der Waals surface area contributed by atoms with Crippen LogP contribution in [0.4, 0.5) is 0 Å². The fraction of sp³-hybridized carbons (Fsp3) is 0. The van der Waals surface area contributed by atoms with Crippen molar-refractivity contribution in [1.82, 2.24) is 0 Å². The number of aliphatic carboxylic acids is 1. The highest BCUT2D eigenvalue weighted by atomic mass is 16.4. The summed E-state index contributed by atoms with van der Waals surface area (Å²) in [6.07, 6.45) is 0.787.